The van der Waals surface area contributed by atoms with Crippen molar-refractivity contribution in [2.75, 3.05) is 18.0 Å². The smallest absolute Gasteiger partial charge is 0.0556 e. The Balaban J connectivity index is 2.09. The van der Waals surface area contributed by atoms with Crippen LogP contribution >= 0.6 is 0 Å². The molecule has 0 aromatic carbocycles. The molecular formula is C14H23N3. The second-order valence-electron chi connectivity index (χ2n) is 5.05. The summed E-state index contributed by atoms with van der Waals surface area (Å²) in [4.78, 5) is 6.87. The maximum atomic E-state index is 4.40. The maximum absolute atomic E-state index is 4.40. The molecule has 94 valence electrons. The van der Waals surface area contributed by atoms with Gasteiger partial charge in [0.05, 0.1) is 11.9 Å². The van der Waals surface area contributed by atoms with E-state index in [1.807, 2.05) is 13.1 Å². The van der Waals surface area contributed by atoms with E-state index < -0.39 is 0 Å². The highest BCUT2D eigenvalue weighted by Crippen LogP contribution is 2.20. The number of pyridine rings is 1. The van der Waals surface area contributed by atoms with Crippen LogP contribution in [0.15, 0.2) is 18.3 Å². The summed E-state index contributed by atoms with van der Waals surface area (Å²) in [5, 5.41) is 3.62. The van der Waals surface area contributed by atoms with E-state index >= 15 is 0 Å². The van der Waals surface area contributed by atoms with Crippen LogP contribution in [0.2, 0.25) is 0 Å². The van der Waals surface area contributed by atoms with Gasteiger partial charge in [0, 0.05) is 30.9 Å². The third kappa shape index (κ3) is 2.97. The summed E-state index contributed by atoms with van der Waals surface area (Å²) in [6.45, 7) is 8.72. The molecule has 2 atom stereocenters. The molecule has 3 nitrogen and oxygen atoms in total. The first-order valence-corrected chi connectivity index (χ1v) is 6.63. The largest absolute Gasteiger partial charge is 0.365 e. The van der Waals surface area contributed by atoms with Crippen molar-refractivity contribution in [2.45, 2.75) is 45.7 Å². The van der Waals surface area contributed by atoms with Crippen molar-refractivity contribution in [2.24, 2.45) is 0 Å². The molecule has 17 heavy (non-hydrogen) atoms. The molecule has 0 bridgehead atoms. The Morgan fingerprint density at radius 1 is 1.47 bits per heavy atom. The molecule has 1 aromatic heterocycles. The number of anilines is 1. The zero-order chi connectivity index (χ0) is 12.3. The lowest BCUT2D eigenvalue weighted by Gasteiger charge is -2.40. The van der Waals surface area contributed by atoms with Gasteiger partial charge >= 0.3 is 0 Å². The molecule has 1 saturated heterocycles. The summed E-state index contributed by atoms with van der Waals surface area (Å²) in [7, 11) is 0. The molecule has 3 heteroatoms. The lowest BCUT2D eigenvalue weighted by molar-refractivity contribution is 0.386. The van der Waals surface area contributed by atoms with E-state index in [9.17, 15) is 0 Å². The molecular weight excluding hydrogens is 210 g/mol. The summed E-state index contributed by atoms with van der Waals surface area (Å²) in [6.07, 6.45) is 4.49. The van der Waals surface area contributed by atoms with Gasteiger partial charge in [-0.1, -0.05) is 13.3 Å². The summed E-state index contributed by atoms with van der Waals surface area (Å²) < 4.78 is 0. The van der Waals surface area contributed by atoms with Crippen LogP contribution in [-0.4, -0.2) is 30.2 Å². The van der Waals surface area contributed by atoms with Gasteiger partial charge in [-0.15, -0.1) is 0 Å². The maximum Gasteiger partial charge on any atom is 0.0556 e. The van der Waals surface area contributed by atoms with Gasteiger partial charge in [-0.25, -0.2) is 0 Å². The van der Waals surface area contributed by atoms with Gasteiger partial charge in [0.2, 0.25) is 0 Å². The zero-order valence-corrected chi connectivity index (χ0v) is 11.1. The lowest BCUT2D eigenvalue weighted by atomic mass is 10.1. The Bertz CT molecular complexity index is 347. The van der Waals surface area contributed by atoms with Gasteiger partial charge in [-0.05, 0) is 32.4 Å². The summed E-state index contributed by atoms with van der Waals surface area (Å²) >= 11 is 0. The van der Waals surface area contributed by atoms with Crippen molar-refractivity contribution >= 4 is 5.69 Å². The lowest BCUT2D eigenvalue weighted by Crippen LogP contribution is -2.55. The SMILES string of the molecule is CCCC1CN(c2ccc(C)nc2)C(C)CN1. The minimum atomic E-state index is 0.549. The number of aryl methyl sites for hydroxylation is 1. The second kappa shape index (κ2) is 5.50. The molecule has 2 unspecified atom stereocenters. The molecule has 0 saturated carbocycles. The van der Waals surface area contributed by atoms with Gasteiger partial charge in [-0.2, -0.15) is 0 Å². The van der Waals surface area contributed by atoms with Crippen LogP contribution in [0.5, 0.6) is 0 Å². The number of nitrogens with one attached hydrogen (secondary N) is 1. The van der Waals surface area contributed by atoms with Gasteiger partial charge in [0.15, 0.2) is 0 Å². The van der Waals surface area contributed by atoms with Gasteiger partial charge in [0.1, 0.15) is 0 Å². The Morgan fingerprint density at radius 2 is 2.29 bits per heavy atom. The average molecular weight is 233 g/mol. The third-order valence-electron chi connectivity index (χ3n) is 3.52. The van der Waals surface area contributed by atoms with E-state index in [0.717, 1.165) is 18.8 Å². The normalized spacial score (nSPS) is 25.0. The van der Waals surface area contributed by atoms with Crippen LogP contribution in [0.1, 0.15) is 32.4 Å². The Hall–Kier alpha value is -1.09. The van der Waals surface area contributed by atoms with E-state index in [0.29, 0.717) is 12.1 Å². The molecule has 0 spiro atoms. The van der Waals surface area contributed by atoms with Crippen LogP contribution in [0.3, 0.4) is 0 Å². The monoisotopic (exact) mass is 233 g/mol. The molecule has 1 fully saturated rings. The molecule has 0 aliphatic carbocycles. The predicted molar refractivity (Wildman–Crippen MR) is 72.5 cm³/mol. The van der Waals surface area contributed by atoms with Crippen LogP contribution in [-0.2, 0) is 0 Å². The Kier molecular flexibility index (Phi) is 4.00. The summed E-state index contributed by atoms with van der Waals surface area (Å²) in [5.74, 6) is 0. The van der Waals surface area contributed by atoms with E-state index in [1.54, 1.807) is 0 Å². The first-order valence-electron chi connectivity index (χ1n) is 6.63. The fourth-order valence-electron chi connectivity index (χ4n) is 2.46. The fourth-order valence-corrected chi connectivity index (χ4v) is 2.46. The molecule has 0 amide bonds. The highest BCUT2D eigenvalue weighted by atomic mass is 15.2. The highest BCUT2D eigenvalue weighted by Gasteiger charge is 2.24. The third-order valence-corrected chi connectivity index (χ3v) is 3.52. The second-order valence-corrected chi connectivity index (χ2v) is 5.05. The van der Waals surface area contributed by atoms with Crippen molar-refractivity contribution < 1.29 is 0 Å². The van der Waals surface area contributed by atoms with E-state index in [1.165, 1.54) is 18.5 Å². The molecule has 2 heterocycles. The molecule has 2 rings (SSSR count). The van der Waals surface area contributed by atoms with E-state index in [2.05, 4.69) is 41.2 Å². The fraction of sp³-hybridized carbons (Fsp3) is 0.643. The molecule has 1 aliphatic rings. The van der Waals surface area contributed by atoms with Gasteiger partial charge in [0.25, 0.3) is 0 Å². The van der Waals surface area contributed by atoms with Crippen molar-refractivity contribution in [3.8, 4) is 0 Å². The summed E-state index contributed by atoms with van der Waals surface area (Å²) in [5.41, 5.74) is 2.34. The van der Waals surface area contributed by atoms with Crippen molar-refractivity contribution in [1.29, 1.82) is 0 Å². The first-order chi connectivity index (χ1) is 8.20. The number of nitrogens with zero attached hydrogens (tertiary/aromatic N) is 2. The number of rotatable bonds is 3. The number of hydrogen-bond donors (Lipinski definition) is 1. The van der Waals surface area contributed by atoms with Crippen molar-refractivity contribution in [3.05, 3.63) is 24.0 Å². The molecule has 0 radical (unpaired) electrons. The van der Waals surface area contributed by atoms with Crippen LogP contribution in [0, 0.1) is 6.92 Å². The van der Waals surface area contributed by atoms with Gasteiger partial charge in [-0.3, -0.25) is 4.98 Å². The molecule has 1 aromatic rings. The minimum Gasteiger partial charge on any atom is -0.365 e. The zero-order valence-electron chi connectivity index (χ0n) is 11.1. The van der Waals surface area contributed by atoms with Crippen LogP contribution < -0.4 is 10.2 Å². The first kappa shape index (κ1) is 12.4. The van der Waals surface area contributed by atoms with E-state index in [4.69, 9.17) is 0 Å². The number of aromatic nitrogens is 1. The predicted octanol–water partition coefficient (Wildman–Crippen LogP) is 2.36. The molecule has 1 N–H and O–H groups in total. The number of piperazine rings is 1. The minimum absolute atomic E-state index is 0.549. The Labute approximate surface area is 104 Å². The van der Waals surface area contributed by atoms with E-state index in [-0.39, 0.29) is 0 Å². The standard InChI is InChI=1S/C14H23N3/c1-4-5-13-10-17(12(3)8-16-13)14-7-6-11(2)15-9-14/h6-7,9,12-13,16H,4-5,8,10H2,1-3H3. The highest BCUT2D eigenvalue weighted by molar-refractivity contribution is 5.46. The Morgan fingerprint density at radius 3 is 2.94 bits per heavy atom. The van der Waals surface area contributed by atoms with Crippen LogP contribution in [0.4, 0.5) is 5.69 Å². The topological polar surface area (TPSA) is 28.2 Å². The van der Waals surface area contributed by atoms with Gasteiger partial charge < -0.3 is 10.2 Å². The van der Waals surface area contributed by atoms with Crippen molar-refractivity contribution in [3.63, 3.8) is 0 Å². The van der Waals surface area contributed by atoms with Crippen molar-refractivity contribution in [1.82, 2.24) is 10.3 Å². The number of hydrogen-bond acceptors (Lipinski definition) is 3. The average Bonchev–Trinajstić information content (AvgIpc) is 2.33. The quantitative estimate of drug-likeness (QED) is 0.868. The molecule has 1 aliphatic heterocycles. The van der Waals surface area contributed by atoms with Crippen LogP contribution in [0.25, 0.3) is 0 Å². The summed E-state index contributed by atoms with van der Waals surface area (Å²) in [6, 6.07) is 5.46.